The molecule has 3 rings (SSSR count). The monoisotopic (exact) mass is 330 g/mol. The van der Waals surface area contributed by atoms with Crippen molar-refractivity contribution in [3.8, 4) is 0 Å². The number of hydrogen-bond donors (Lipinski definition) is 2. The molecule has 0 fully saturated rings. The third-order valence-electron chi connectivity index (χ3n) is 3.23. The third kappa shape index (κ3) is 3.99. The highest BCUT2D eigenvalue weighted by atomic mass is 16.3. The topological polar surface area (TPSA) is 87.5 Å². The molecule has 7 heteroatoms. The number of aliphatic hydroxyl groups excluding tert-OH is 1. The zero-order valence-electron chi connectivity index (χ0n) is 13.9. The van der Waals surface area contributed by atoms with Crippen LogP contribution in [0.15, 0.2) is 36.7 Å². The molecule has 1 aliphatic heterocycles. The van der Waals surface area contributed by atoms with Gasteiger partial charge in [-0.15, -0.1) is 0 Å². The zero-order chi connectivity index (χ0) is 17.5. The SMILES string of the molecule is CCC.O=C1CN(C(=O)c2cnn(CCO)c2)c2ccccc2N1. The molecule has 1 aromatic heterocycles. The van der Waals surface area contributed by atoms with Gasteiger partial charge in [-0.1, -0.05) is 32.4 Å². The first-order valence-electron chi connectivity index (χ1n) is 7.94. The van der Waals surface area contributed by atoms with Crippen molar-refractivity contribution in [1.29, 1.82) is 0 Å². The maximum absolute atomic E-state index is 12.6. The smallest absolute Gasteiger partial charge is 0.262 e. The molecular formula is C17H22N4O3. The van der Waals surface area contributed by atoms with Crippen molar-refractivity contribution >= 4 is 23.2 Å². The van der Waals surface area contributed by atoms with Gasteiger partial charge in [-0.2, -0.15) is 5.10 Å². The normalized spacial score (nSPS) is 12.8. The summed E-state index contributed by atoms with van der Waals surface area (Å²) in [5.74, 6) is -0.522. The number of anilines is 2. The van der Waals surface area contributed by atoms with E-state index in [2.05, 4.69) is 24.3 Å². The standard InChI is InChI=1S/C14H14N4O3.C3H8/c19-6-5-17-8-10(7-15-17)14(21)18-9-13(20)16-11-3-1-2-4-12(11)18;1-3-2/h1-4,7-8,19H,5-6,9H2,(H,16,20);3H2,1-2H3. The van der Waals surface area contributed by atoms with E-state index in [-0.39, 0.29) is 25.0 Å². The number of nitrogens with one attached hydrogen (secondary N) is 1. The lowest BCUT2D eigenvalue weighted by Gasteiger charge is -2.28. The highest BCUT2D eigenvalue weighted by Crippen LogP contribution is 2.29. The zero-order valence-corrected chi connectivity index (χ0v) is 13.9. The van der Waals surface area contributed by atoms with Crippen molar-refractivity contribution < 1.29 is 14.7 Å². The minimum absolute atomic E-state index is 0.0268. The predicted octanol–water partition coefficient (Wildman–Crippen LogP) is 1.89. The molecule has 7 nitrogen and oxygen atoms in total. The van der Waals surface area contributed by atoms with Crippen LogP contribution in [0, 0.1) is 0 Å². The number of rotatable bonds is 3. The summed E-state index contributed by atoms with van der Waals surface area (Å²) >= 11 is 0. The van der Waals surface area contributed by atoms with Gasteiger partial charge in [0.2, 0.25) is 5.91 Å². The van der Waals surface area contributed by atoms with Crippen LogP contribution < -0.4 is 10.2 Å². The van der Waals surface area contributed by atoms with Gasteiger partial charge in [0, 0.05) is 6.20 Å². The molecule has 2 N–H and O–H groups in total. The van der Waals surface area contributed by atoms with E-state index in [1.165, 1.54) is 22.2 Å². The summed E-state index contributed by atoms with van der Waals surface area (Å²) in [6, 6.07) is 7.14. The van der Waals surface area contributed by atoms with Crippen LogP contribution in [0.3, 0.4) is 0 Å². The number of hydrogen-bond acceptors (Lipinski definition) is 4. The molecule has 24 heavy (non-hydrogen) atoms. The highest BCUT2D eigenvalue weighted by Gasteiger charge is 2.27. The molecule has 2 amide bonds. The van der Waals surface area contributed by atoms with Crippen molar-refractivity contribution in [3.05, 3.63) is 42.2 Å². The van der Waals surface area contributed by atoms with E-state index in [4.69, 9.17) is 5.11 Å². The molecule has 1 aliphatic rings. The van der Waals surface area contributed by atoms with E-state index in [9.17, 15) is 9.59 Å². The molecule has 0 saturated carbocycles. The number of fused-ring (bicyclic) bond motifs is 1. The maximum Gasteiger partial charge on any atom is 0.262 e. The average molecular weight is 330 g/mol. The lowest BCUT2D eigenvalue weighted by atomic mass is 10.1. The number of benzene rings is 1. The van der Waals surface area contributed by atoms with Crippen molar-refractivity contribution in [2.75, 3.05) is 23.4 Å². The molecule has 0 spiro atoms. The minimum atomic E-state index is -0.290. The molecule has 0 bridgehead atoms. The fourth-order valence-electron chi connectivity index (χ4n) is 2.27. The molecule has 2 aromatic rings. The minimum Gasteiger partial charge on any atom is -0.394 e. The molecule has 0 saturated heterocycles. The second kappa shape index (κ2) is 8.26. The Hall–Kier alpha value is -2.67. The van der Waals surface area contributed by atoms with Gasteiger partial charge in [0.1, 0.15) is 6.54 Å². The van der Waals surface area contributed by atoms with Gasteiger partial charge in [0.15, 0.2) is 0 Å². The Morgan fingerprint density at radius 3 is 2.75 bits per heavy atom. The van der Waals surface area contributed by atoms with Crippen molar-refractivity contribution in [1.82, 2.24) is 9.78 Å². The first-order chi connectivity index (χ1) is 11.6. The van der Waals surface area contributed by atoms with Gasteiger partial charge < -0.3 is 10.4 Å². The maximum atomic E-state index is 12.6. The Morgan fingerprint density at radius 1 is 1.33 bits per heavy atom. The van der Waals surface area contributed by atoms with E-state index in [0.29, 0.717) is 23.5 Å². The first kappa shape index (κ1) is 17.7. The second-order valence-electron chi connectivity index (χ2n) is 5.38. The van der Waals surface area contributed by atoms with Crippen LogP contribution in [0.4, 0.5) is 11.4 Å². The Kier molecular flexibility index (Phi) is 6.08. The van der Waals surface area contributed by atoms with Crippen molar-refractivity contribution in [2.24, 2.45) is 0 Å². The fourth-order valence-corrected chi connectivity index (χ4v) is 2.27. The molecule has 0 aliphatic carbocycles. The van der Waals surface area contributed by atoms with Gasteiger partial charge in [-0.25, -0.2) is 0 Å². The molecule has 0 radical (unpaired) electrons. The van der Waals surface area contributed by atoms with E-state index in [0.717, 1.165) is 0 Å². The summed E-state index contributed by atoms with van der Waals surface area (Å²) in [5.41, 5.74) is 1.66. The van der Waals surface area contributed by atoms with Gasteiger partial charge in [0.25, 0.3) is 5.91 Å². The van der Waals surface area contributed by atoms with Crippen LogP contribution in [0.25, 0.3) is 0 Å². The van der Waals surface area contributed by atoms with Crippen molar-refractivity contribution in [2.45, 2.75) is 26.8 Å². The van der Waals surface area contributed by atoms with E-state index in [1.807, 2.05) is 6.07 Å². The summed E-state index contributed by atoms with van der Waals surface area (Å²) in [4.78, 5) is 25.7. The number of aliphatic hydroxyl groups is 1. The predicted molar refractivity (Wildman–Crippen MR) is 92.0 cm³/mol. The van der Waals surface area contributed by atoms with Gasteiger partial charge in [0.05, 0.1) is 36.3 Å². The second-order valence-corrected chi connectivity index (χ2v) is 5.38. The van der Waals surface area contributed by atoms with E-state index in [1.54, 1.807) is 24.4 Å². The first-order valence-corrected chi connectivity index (χ1v) is 7.94. The van der Waals surface area contributed by atoms with Crippen LogP contribution >= 0.6 is 0 Å². The van der Waals surface area contributed by atoms with Crippen LogP contribution in [0.2, 0.25) is 0 Å². The van der Waals surface area contributed by atoms with Crippen molar-refractivity contribution in [3.63, 3.8) is 0 Å². The molecule has 1 aromatic carbocycles. The summed E-state index contributed by atoms with van der Waals surface area (Å²) in [5, 5.41) is 15.6. The Labute approximate surface area is 140 Å². The molecule has 0 atom stereocenters. The van der Waals surface area contributed by atoms with Gasteiger partial charge >= 0.3 is 0 Å². The third-order valence-corrected chi connectivity index (χ3v) is 3.23. The van der Waals surface area contributed by atoms with Crippen LogP contribution in [0.1, 0.15) is 30.6 Å². The summed E-state index contributed by atoms with van der Waals surface area (Å²) in [6.45, 7) is 4.50. The Bertz CT molecular complexity index is 711. The van der Waals surface area contributed by atoms with E-state index < -0.39 is 0 Å². The Balaban J connectivity index is 0.000000647. The van der Waals surface area contributed by atoms with Crippen LogP contribution in [0.5, 0.6) is 0 Å². The summed E-state index contributed by atoms with van der Waals surface area (Å²) in [7, 11) is 0. The molecule has 2 heterocycles. The average Bonchev–Trinajstić information content (AvgIpc) is 3.03. The lowest BCUT2D eigenvalue weighted by molar-refractivity contribution is -0.115. The van der Waals surface area contributed by atoms with Crippen LogP contribution in [-0.2, 0) is 11.3 Å². The lowest BCUT2D eigenvalue weighted by Crippen LogP contribution is -2.42. The number of amides is 2. The molecule has 128 valence electrons. The largest absolute Gasteiger partial charge is 0.394 e. The molecular weight excluding hydrogens is 308 g/mol. The fraction of sp³-hybridized carbons (Fsp3) is 0.353. The summed E-state index contributed by atoms with van der Waals surface area (Å²) in [6.07, 6.45) is 4.25. The number of carbonyl (C=O) groups excluding carboxylic acids is 2. The number of para-hydroxylation sites is 2. The number of carbonyl (C=O) groups is 2. The summed E-state index contributed by atoms with van der Waals surface area (Å²) < 4.78 is 1.49. The van der Waals surface area contributed by atoms with Gasteiger partial charge in [-0.05, 0) is 12.1 Å². The number of aromatic nitrogens is 2. The molecule has 0 unspecified atom stereocenters. The highest BCUT2D eigenvalue weighted by molar-refractivity contribution is 6.14. The quantitative estimate of drug-likeness (QED) is 0.899. The van der Waals surface area contributed by atoms with Gasteiger partial charge in [-0.3, -0.25) is 19.2 Å². The van der Waals surface area contributed by atoms with E-state index >= 15 is 0 Å². The number of nitrogens with zero attached hydrogens (tertiary/aromatic N) is 3. The Morgan fingerprint density at radius 2 is 2.04 bits per heavy atom. The van der Waals surface area contributed by atoms with Crippen LogP contribution in [-0.4, -0.2) is 39.9 Å².